The van der Waals surface area contributed by atoms with E-state index >= 15 is 0 Å². The molecule has 0 aliphatic rings. The van der Waals surface area contributed by atoms with E-state index in [0.717, 1.165) is 12.8 Å². The molecule has 0 atom stereocenters. The van der Waals surface area contributed by atoms with E-state index in [4.69, 9.17) is 4.74 Å². The number of hydrogen-bond acceptors (Lipinski definition) is 2. The molecule has 1 N–H and O–H groups in total. The first-order chi connectivity index (χ1) is 11.1. The summed E-state index contributed by atoms with van der Waals surface area (Å²) in [6.07, 6.45) is 1.49. The van der Waals surface area contributed by atoms with Crippen molar-refractivity contribution in [2.45, 2.75) is 19.8 Å². The Hall–Kier alpha value is -2.43. The van der Waals surface area contributed by atoms with Crippen LogP contribution in [0.4, 0.5) is 8.78 Å². The zero-order valence-electron chi connectivity index (χ0n) is 12.9. The summed E-state index contributed by atoms with van der Waals surface area (Å²) in [7, 11) is 0. The van der Waals surface area contributed by atoms with Crippen molar-refractivity contribution in [1.29, 1.82) is 0 Å². The molecular weight excluding hydrogens is 300 g/mol. The monoisotopic (exact) mass is 319 g/mol. The lowest BCUT2D eigenvalue weighted by Gasteiger charge is -2.08. The van der Waals surface area contributed by atoms with Crippen LogP contribution in [-0.2, 0) is 0 Å². The maximum atomic E-state index is 13.4. The Morgan fingerprint density at radius 3 is 2.52 bits per heavy atom. The molecule has 0 radical (unpaired) electrons. The first-order valence-corrected chi connectivity index (χ1v) is 7.49. The standard InChI is InChI=1S/C18H19F2NO2/c1-13-4-5-14(12-17(13)20)18(22)21-10-2-3-11-23-16-8-6-15(19)7-9-16/h4-9,12H,2-3,10-11H2,1H3,(H,21,22). The lowest BCUT2D eigenvalue weighted by Crippen LogP contribution is -2.24. The number of aryl methyl sites for hydroxylation is 1. The van der Waals surface area contributed by atoms with Gasteiger partial charge in [-0.15, -0.1) is 0 Å². The molecule has 0 aromatic heterocycles. The fourth-order valence-corrected chi connectivity index (χ4v) is 1.99. The molecule has 0 bridgehead atoms. The quantitative estimate of drug-likeness (QED) is 0.787. The van der Waals surface area contributed by atoms with E-state index in [2.05, 4.69) is 5.32 Å². The number of rotatable bonds is 7. The minimum Gasteiger partial charge on any atom is -0.494 e. The predicted molar refractivity (Wildman–Crippen MR) is 84.6 cm³/mol. The van der Waals surface area contributed by atoms with Gasteiger partial charge in [-0.3, -0.25) is 4.79 Å². The number of hydrogen-bond donors (Lipinski definition) is 1. The molecule has 0 aliphatic carbocycles. The van der Waals surface area contributed by atoms with Gasteiger partial charge >= 0.3 is 0 Å². The largest absolute Gasteiger partial charge is 0.494 e. The lowest BCUT2D eigenvalue weighted by atomic mass is 10.1. The van der Waals surface area contributed by atoms with Gasteiger partial charge in [0.2, 0.25) is 0 Å². The second-order valence-electron chi connectivity index (χ2n) is 5.23. The van der Waals surface area contributed by atoms with Crippen LogP contribution < -0.4 is 10.1 Å². The van der Waals surface area contributed by atoms with E-state index in [1.165, 1.54) is 18.2 Å². The fraction of sp³-hybridized carbons (Fsp3) is 0.278. The highest BCUT2D eigenvalue weighted by Gasteiger charge is 2.07. The minimum atomic E-state index is -0.384. The van der Waals surface area contributed by atoms with Crippen LogP contribution >= 0.6 is 0 Å². The first-order valence-electron chi connectivity index (χ1n) is 7.49. The lowest BCUT2D eigenvalue weighted by molar-refractivity contribution is 0.0952. The van der Waals surface area contributed by atoms with Crippen LogP contribution in [0.5, 0.6) is 5.75 Å². The summed E-state index contributed by atoms with van der Waals surface area (Å²) >= 11 is 0. The number of carbonyl (C=O) groups is 1. The Kier molecular flexibility index (Phi) is 6.09. The number of halogens is 2. The molecule has 0 heterocycles. The van der Waals surface area contributed by atoms with Gasteiger partial charge in [0.15, 0.2) is 0 Å². The maximum Gasteiger partial charge on any atom is 0.251 e. The van der Waals surface area contributed by atoms with Crippen molar-refractivity contribution in [2.75, 3.05) is 13.2 Å². The van der Waals surface area contributed by atoms with Crippen LogP contribution in [0, 0.1) is 18.6 Å². The summed E-state index contributed by atoms with van der Waals surface area (Å²) in [5.74, 6) is -0.355. The number of nitrogens with one attached hydrogen (secondary N) is 1. The molecule has 0 spiro atoms. The van der Waals surface area contributed by atoms with E-state index in [-0.39, 0.29) is 17.5 Å². The van der Waals surface area contributed by atoms with Crippen molar-refractivity contribution in [2.24, 2.45) is 0 Å². The molecule has 0 unspecified atom stereocenters. The zero-order chi connectivity index (χ0) is 16.7. The third-order valence-corrected chi connectivity index (χ3v) is 3.37. The minimum absolute atomic E-state index is 0.289. The van der Waals surface area contributed by atoms with Gasteiger partial charge in [-0.25, -0.2) is 8.78 Å². The predicted octanol–water partition coefficient (Wildman–Crippen LogP) is 3.86. The highest BCUT2D eigenvalue weighted by atomic mass is 19.1. The van der Waals surface area contributed by atoms with Crippen molar-refractivity contribution >= 4 is 5.91 Å². The first kappa shape index (κ1) is 16.9. The molecule has 2 rings (SSSR count). The second kappa shape index (κ2) is 8.27. The third kappa shape index (κ3) is 5.36. The Bertz CT molecular complexity index is 657. The molecule has 0 saturated carbocycles. The summed E-state index contributed by atoms with van der Waals surface area (Å²) in [6, 6.07) is 10.3. The Labute approximate surface area is 134 Å². The highest BCUT2D eigenvalue weighted by Crippen LogP contribution is 2.11. The van der Waals surface area contributed by atoms with Gasteiger partial charge in [0, 0.05) is 12.1 Å². The van der Waals surface area contributed by atoms with Crippen LogP contribution in [0.1, 0.15) is 28.8 Å². The Balaban J connectivity index is 1.64. The normalized spacial score (nSPS) is 10.4. The summed E-state index contributed by atoms with van der Waals surface area (Å²) < 4.78 is 31.6. The van der Waals surface area contributed by atoms with Crippen molar-refractivity contribution in [1.82, 2.24) is 5.32 Å². The SMILES string of the molecule is Cc1ccc(C(=O)NCCCCOc2ccc(F)cc2)cc1F. The summed E-state index contributed by atoms with van der Waals surface area (Å²) in [5, 5.41) is 2.74. The molecule has 23 heavy (non-hydrogen) atoms. The van der Waals surface area contributed by atoms with Gasteiger partial charge in [-0.2, -0.15) is 0 Å². The van der Waals surface area contributed by atoms with Gasteiger partial charge in [-0.05, 0) is 61.7 Å². The topological polar surface area (TPSA) is 38.3 Å². The number of ether oxygens (including phenoxy) is 1. The average Bonchev–Trinajstić information content (AvgIpc) is 2.54. The number of carbonyl (C=O) groups excluding carboxylic acids is 1. The van der Waals surface area contributed by atoms with Crippen LogP contribution in [0.3, 0.4) is 0 Å². The van der Waals surface area contributed by atoms with Crippen molar-refractivity contribution in [3.63, 3.8) is 0 Å². The van der Waals surface area contributed by atoms with Crippen LogP contribution in [0.25, 0.3) is 0 Å². The molecule has 2 aromatic rings. The highest BCUT2D eigenvalue weighted by molar-refractivity contribution is 5.94. The molecule has 0 saturated heterocycles. The van der Waals surface area contributed by atoms with Crippen LogP contribution in [-0.4, -0.2) is 19.1 Å². The van der Waals surface area contributed by atoms with Crippen molar-refractivity contribution in [3.8, 4) is 5.75 Å². The van der Waals surface area contributed by atoms with E-state index in [1.54, 1.807) is 31.2 Å². The molecule has 0 aliphatic heterocycles. The van der Waals surface area contributed by atoms with Gasteiger partial charge in [0.1, 0.15) is 17.4 Å². The molecule has 2 aromatic carbocycles. The Morgan fingerprint density at radius 1 is 1.09 bits per heavy atom. The van der Waals surface area contributed by atoms with E-state index in [1.807, 2.05) is 0 Å². The molecule has 1 amide bonds. The summed E-state index contributed by atoms with van der Waals surface area (Å²) in [5.41, 5.74) is 0.829. The molecular formula is C18H19F2NO2. The fourth-order valence-electron chi connectivity index (χ4n) is 1.99. The molecule has 122 valence electrons. The van der Waals surface area contributed by atoms with Gasteiger partial charge in [0.25, 0.3) is 5.91 Å². The molecule has 0 fully saturated rings. The number of amides is 1. The van der Waals surface area contributed by atoms with Crippen LogP contribution in [0.2, 0.25) is 0 Å². The van der Waals surface area contributed by atoms with E-state index in [0.29, 0.717) is 30.0 Å². The summed E-state index contributed by atoms with van der Waals surface area (Å²) in [6.45, 7) is 2.62. The van der Waals surface area contributed by atoms with Crippen molar-refractivity contribution < 1.29 is 18.3 Å². The van der Waals surface area contributed by atoms with E-state index < -0.39 is 0 Å². The maximum absolute atomic E-state index is 13.4. The van der Waals surface area contributed by atoms with Gasteiger partial charge in [0.05, 0.1) is 6.61 Å². The average molecular weight is 319 g/mol. The van der Waals surface area contributed by atoms with Gasteiger partial charge in [-0.1, -0.05) is 6.07 Å². The smallest absolute Gasteiger partial charge is 0.251 e. The molecule has 5 heteroatoms. The van der Waals surface area contributed by atoms with Crippen molar-refractivity contribution in [3.05, 3.63) is 65.2 Å². The molecule has 3 nitrogen and oxygen atoms in total. The van der Waals surface area contributed by atoms with Gasteiger partial charge < -0.3 is 10.1 Å². The zero-order valence-corrected chi connectivity index (χ0v) is 12.9. The van der Waals surface area contributed by atoms with E-state index in [9.17, 15) is 13.6 Å². The van der Waals surface area contributed by atoms with Crippen LogP contribution in [0.15, 0.2) is 42.5 Å². The second-order valence-corrected chi connectivity index (χ2v) is 5.23. The number of unbranched alkanes of at least 4 members (excludes halogenated alkanes) is 1. The summed E-state index contributed by atoms with van der Waals surface area (Å²) in [4.78, 5) is 11.8. The third-order valence-electron chi connectivity index (χ3n) is 3.37. The Morgan fingerprint density at radius 2 is 1.83 bits per heavy atom. The number of benzene rings is 2.